The zero-order valence-corrected chi connectivity index (χ0v) is 17.7. The average molecular weight is 426 g/mol. The van der Waals surface area contributed by atoms with Gasteiger partial charge in [0.05, 0.1) is 11.5 Å². The number of amides is 1. The van der Waals surface area contributed by atoms with E-state index in [1.54, 1.807) is 12.2 Å². The second-order valence-electron chi connectivity index (χ2n) is 7.47. The molecule has 5 nitrogen and oxygen atoms in total. The molecule has 3 rings (SSSR count). The molecule has 1 saturated heterocycles. The van der Waals surface area contributed by atoms with Crippen LogP contribution in [0, 0.1) is 10.8 Å². The number of amidine groups is 1. The van der Waals surface area contributed by atoms with Gasteiger partial charge in [-0.1, -0.05) is 48.6 Å². The molecule has 0 aliphatic carbocycles. The molecule has 2 aromatic rings. The number of nitrogen functional groups attached to an aromatic ring is 1. The highest BCUT2D eigenvalue weighted by atomic mass is 35.5. The van der Waals surface area contributed by atoms with E-state index >= 15 is 0 Å². The summed E-state index contributed by atoms with van der Waals surface area (Å²) in [5, 5.41) is 10.5. The Bertz CT molecular complexity index is 897. The Morgan fingerprint density at radius 1 is 1.10 bits per heavy atom. The van der Waals surface area contributed by atoms with Gasteiger partial charge in [0.15, 0.2) is 0 Å². The van der Waals surface area contributed by atoms with Crippen molar-refractivity contribution in [3.63, 3.8) is 0 Å². The van der Waals surface area contributed by atoms with Gasteiger partial charge in [-0.15, -0.1) is 25.6 Å². The van der Waals surface area contributed by atoms with E-state index in [1.165, 1.54) is 0 Å². The number of nitrogens with one attached hydrogen (secondary N) is 2. The number of nitrogens with two attached hydrogens (primary N) is 1. The van der Waals surface area contributed by atoms with Gasteiger partial charge in [0.25, 0.3) is 0 Å². The minimum absolute atomic E-state index is 0. The minimum atomic E-state index is -0.451. The minimum Gasteiger partial charge on any atom is -0.491 e. The highest BCUT2D eigenvalue weighted by Gasteiger charge is 2.44. The van der Waals surface area contributed by atoms with E-state index in [1.807, 2.05) is 48.5 Å². The number of carbonyl (C=O) groups is 1. The predicted molar refractivity (Wildman–Crippen MR) is 124 cm³/mol. The molecule has 0 radical (unpaired) electrons. The van der Waals surface area contributed by atoms with Crippen molar-refractivity contribution < 1.29 is 9.53 Å². The molecule has 0 spiro atoms. The first-order valence-corrected chi connectivity index (χ1v) is 9.68. The fourth-order valence-corrected chi connectivity index (χ4v) is 3.83. The lowest BCUT2D eigenvalue weighted by Gasteiger charge is -2.22. The van der Waals surface area contributed by atoms with E-state index in [-0.39, 0.29) is 30.2 Å². The van der Waals surface area contributed by atoms with Gasteiger partial charge in [0.2, 0.25) is 5.91 Å². The third kappa shape index (κ3) is 5.10. The Labute approximate surface area is 183 Å². The second-order valence-corrected chi connectivity index (χ2v) is 7.47. The van der Waals surface area contributed by atoms with Gasteiger partial charge in [-0.3, -0.25) is 10.2 Å². The van der Waals surface area contributed by atoms with Crippen LogP contribution in [-0.4, -0.2) is 24.4 Å². The number of hydrogen-bond donors (Lipinski definition) is 3. The second kappa shape index (κ2) is 10.1. The Morgan fingerprint density at radius 2 is 1.63 bits per heavy atom. The van der Waals surface area contributed by atoms with Gasteiger partial charge < -0.3 is 15.8 Å². The molecule has 0 aromatic heterocycles. The van der Waals surface area contributed by atoms with E-state index in [2.05, 4.69) is 18.5 Å². The lowest BCUT2D eigenvalue weighted by molar-refractivity contribution is -0.127. The van der Waals surface area contributed by atoms with Crippen molar-refractivity contribution in [3.8, 4) is 16.9 Å². The molecule has 6 heteroatoms. The molecule has 30 heavy (non-hydrogen) atoms. The van der Waals surface area contributed by atoms with Gasteiger partial charge in [0, 0.05) is 5.56 Å². The van der Waals surface area contributed by atoms with Crippen LogP contribution in [0.2, 0.25) is 0 Å². The third-order valence-corrected chi connectivity index (χ3v) is 5.36. The van der Waals surface area contributed by atoms with Gasteiger partial charge in [-0.25, -0.2) is 0 Å². The highest BCUT2D eigenvalue weighted by Crippen LogP contribution is 2.38. The standard InChI is InChI=1S/C24H27N3O2.ClH/c1-3-13-24(14-4-2)15-20(27-23(24)28)16-29-21-11-9-18(10-12-21)17-5-7-19(8-6-17)22(25)26;/h3-12,20H,1-2,13-16H2,(H3,25,26)(H,27,28);1H/t20-;/m0./s1. The molecule has 158 valence electrons. The van der Waals surface area contributed by atoms with Crippen molar-refractivity contribution in [1.82, 2.24) is 5.32 Å². The topological polar surface area (TPSA) is 88.2 Å². The summed E-state index contributed by atoms with van der Waals surface area (Å²) in [5.41, 5.74) is 7.85. The van der Waals surface area contributed by atoms with Crippen LogP contribution < -0.4 is 15.8 Å². The Kier molecular flexibility index (Phi) is 7.84. The third-order valence-electron chi connectivity index (χ3n) is 5.36. The molecule has 4 N–H and O–H groups in total. The summed E-state index contributed by atoms with van der Waals surface area (Å²) in [4.78, 5) is 12.5. The molecule has 0 bridgehead atoms. The van der Waals surface area contributed by atoms with E-state index in [0.29, 0.717) is 31.4 Å². The fraction of sp³-hybridized carbons (Fsp3) is 0.250. The smallest absolute Gasteiger partial charge is 0.227 e. The largest absolute Gasteiger partial charge is 0.491 e. The van der Waals surface area contributed by atoms with E-state index in [0.717, 1.165) is 16.9 Å². The maximum absolute atomic E-state index is 12.5. The monoisotopic (exact) mass is 425 g/mol. The van der Waals surface area contributed by atoms with Gasteiger partial charge in [-0.05, 0) is 42.5 Å². The summed E-state index contributed by atoms with van der Waals surface area (Å²) in [7, 11) is 0. The van der Waals surface area contributed by atoms with E-state index < -0.39 is 5.41 Å². The van der Waals surface area contributed by atoms with Crippen LogP contribution in [0.25, 0.3) is 11.1 Å². The highest BCUT2D eigenvalue weighted by molar-refractivity contribution is 5.95. The zero-order valence-electron chi connectivity index (χ0n) is 16.9. The van der Waals surface area contributed by atoms with Crippen LogP contribution in [0.5, 0.6) is 5.75 Å². The molecule has 1 aliphatic heterocycles. The molecular formula is C24H28ClN3O2. The normalized spacial score (nSPS) is 16.8. The maximum atomic E-state index is 12.5. The molecule has 2 aromatic carbocycles. The Hall–Kier alpha value is -3.05. The number of allylic oxidation sites excluding steroid dienone is 2. The molecule has 1 amide bonds. The summed E-state index contributed by atoms with van der Waals surface area (Å²) >= 11 is 0. The van der Waals surface area contributed by atoms with Crippen molar-refractivity contribution in [1.29, 1.82) is 5.41 Å². The molecular weight excluding hydrogens is 398 g/mol. The number of benzene rings is 2. The molecule has 0 saturated carbocycles. The number of hydrogen-bond acceptors (Lipinski definition) is 3. The van der Waals surface area contributed by atoms with Crippen molar-refractivity contribution in [2.24, 2.45) is 11.1 Å². The number of halogens is 1. The summed E-state index contributed by atoms with van der Waals surface area (Å²) in [6, 6.07) is 15.4. The number of ether oxygens (including phenoxy) is 1. The molecule has 1 fully saturated rings. The molecule has 1 aliphatic rings. The maximum Gasteiger partial charge on any atom is 0.227 e. The summed E-state index contributed by atoms with van der Waals surface area (Å²) in [5.74, 6) is 0.869. The van der Waals surface area contributed by atoms with Crippen LogP contribution in [-0.2, 0) is 4.79 Å². The van der Waals surface area contributed by atoms with Gasteiger partial charge in [-0.2, -0.15) is 0 Å². The Balaban J connectivity index is 0.00000320. The van der Waals surface area contributed by atoms with E-state index in [9.17, 15) is 4.79 Å². The quantitative estimate of drug-likeness (QED) is 0.314. The lowest BCUT2D eigenvalue weighted by atomic mass is 9.78. The van der Waals surface area contributed by atoms with Crippen molar-refractivity contribution in [3.05, 3.63) is 79.4 Å². The van der Waals surface area contributed by atoms with Crippen molar-refractivity contribution >= 4 is 24.1 Å². The number of rotatable bonds is 9. The SMILES string of the molecule is C=CCC1(CC=C)C[C@@H](COc2ccc(-c3ccc(C(=N)N)cc3)cc2)NC1=O.Cl. The average Bonchev–Trinajstić information content (AvgIpc) is 3.02. The van der Waals surface area contributed by atoms with E-state index in [4.69, 9.17) is 15.9 Å². The Morgan fingerprint density at radius 3 is 2.13 bits per heavy atom. The summed E-state index contributed by atoms with van der Waals surface area (Å²) in [6.07, 6.45) is 5.59. The van der Waals surface area contributed by atoms with Crippen LogP contribution in [0.15, 0.2) is 73.8 Å². The van der Waals surface area contributed by atoms with Crippen LogP contribution in [0.3, 0.4) is 0 Å². The zero-order chi connectivity index (χ0) is 20.9. The van der Waals surface area contributed by atoms with Crippen LogP contribution in [0.1, 0.15) is 24.8 Å². The first kappa shape index (κ1) is 23.2. The van der Waals surface area contributed by atoms with Gasteiger partial charge in [0.1, 0.15) is 18.2 Å². The number of carbonyl (C=O) groups excluding carboxylic acids is 1. The van der Waals surface area contributed by atoms with Gasteiger partial charge >= 0.3 is 0 Å². The first-order valence-electron chi connectivity index (χ1n) is 9.68. The molecule has 1 atom stereocenters. The lowest BCUT2D eigenvalue weighted by Crippen LogP contribution is -2.33. The molecule has 1 heterocycles. The molecule has 0 unspecified atom stereocenters. The summed E-state index contributed by atoms with van der Waals surface area (Å²) in [6.45, 7) is 8.00. The first-order chi connectivity index (χ1) is 14.0. The summed E-state index contributed by atoms with van der Waals surface area (Å²) < 4.78 is 5.92. The van der Waals surface area contributed by atoms with Crippen molar-refractivity contribution in [2.75, 3.05) is 6.61 Å². The van der Waals surface area contributed by atoms with Crippen molar-refractivity contribution in [2.45, 2.75) is 25.3 Å². The van der Waals surface area contributed by atoms with Crippen LogP contribution in [0.4, 0.5) is 0 Å². The fourth-order valence-electron chi connectivity index (χ4n) is 3.83. The predicted octanol–water partition coefficient (Wildman–Crippen LogP) is 4.47. The van der Waals surface area contributed by atoms with Crippen LogP contribution >= 0.6 is 12.4 Å².